The van der Waals surface area contributed by atoms with Crippen molar-refractivity contribution >= 4 is 6.09 Å². The van der Waals surface area contributed by atoms with Crippen LogP contribution in [0.5, 0.6) is 0 Å². The highest BCUT2D eigenvalue weighted by Gasteiger charge is 2.30. The first kappa shape index (κ1) is 15.8. The highest BCUT2D eigenvalue weighted by Crippen LogP contribution is 2.29. The summed E-state index contributed by atoms with van der Waals surface area (Å²) in [6, 6.07) is 9.74. The lowest BCUT2D eigenvalue weighted by Crippen LogP contribution is -2.44. The molecule has 1 aliphatic heterocycles. The van der Waals surface area contributed by atoms with Crippen LogP contribution in [0.15, 0.2) is 30.3 Å². The quantitative estimate of drug-likeness (QED) is 0.907. The minimum absolute atomic E-state index is 0.222. The highest BCUT2D eigenvalue weighted by atomic mass is 16.6. The molecule has 1 fully saturated rings. The number of benzene rings is 1. The molecule has 0 bridgehead atoms. The van der Waals surface area contributed by atoms with Crippen molar-refractivity contribution in [2.75, 3.05) is 19.7 Å². The van der Waals surface area contributed by atoms with Crippen LogP contribution in [0.3, 0.4) is 0 Å². The molecule has 1 N–H and O–H groups in total. The van der Waals surface area contributed by atoms with Gasteiger partial charge in [0.05, 0.1) is 0 Å². The first-order valence-electron chi connectivity index (χ1n) is 7.81. The summed E-state index contributed by atoms with van der Waals surface area (Å²) in [6.45, 7) is 4.18. The van der Waals surface area contributed by atoms with Crippen molar-refractivity contribution in [3.63, 3.8) is 0 Å². The van der Waals surface area contributed by atoms with Gasteiger partial charge in [0.1, 0.15) is 6.61 Å². The van der Waals surface area contributed by atoms with E-state index in [1.165, 1.54) is 0 Å². The summed E-state index contributed by atoms with van der Waals surface area (Å²) in [5.74, 6) is 0.994. The van der Waals surface area contributed by atoms with E-state index in [1.807, 2.05) is 35.2 Å². The Bertz CT molecular complexity index is 435. The van der Waals surface area contributed by atoms with Gasteiger partial charge < -0.3 is 14.7 Å². The maximum Gasteiger partial charge on any atom is 0.410 e. The van der Waals surface area contributed by atoms with Crippen molar-refractivity contribution < 1.29 is 14.6 Å². The van der Waals surface area contributed by atoms with Crippen LogP contribution in [0, 0.1) is 11.8 Å². The van der Waals surface area contributed by atoms with E-state index in [0.29, 0.717) is 18.4 Å². The Morgan fingerprint density at radius 1 is 1.33 bits per heavy atom. The number of amides is 1. The van der Waals surface area contributed by atoms with Crippen LogP contribution in [-0.2, 0) is 11.3 Å². The van der Waals surface area contributed by atoms with E-state index in [4.69, 9.17) is 9.84 Å². The number of nitrogens with zero attached hydrogens (tertiary/aromatic N) is 1. The standard InChI is InChI=1S/C17H25NO3/c1-2-15-12-18(10-8-16(15)9-11-19)17(20)21-13-14-6-4-3-5-7-14/h3-7,15-16,19H,2,8-13H2,1H3/t15-,16-/m0/s1. The van der Waals surface area contributed by atoms with E-state index < -0.39 is 0 Å². The predicted molar refractivity (Wildman–Crippen MR) is 81.8 cm³/mol. The molecular formula is C17H25NO3. The number of hydrogen-bond donors (Lipinski definition) is 1. The van der Waals surface area contributed by atoms with Crippen molar-refractivity contribution in [1.29, 1.82) is 0 Å². The van der Waals surface area contributed by atoms with Gasteiger partial charge in [0, 0.05) is 19.7 Å². The maximum absolute atomic E-state index is 12.2. The van der Waals surface area contributed by atoms with Crippen molar-refractivity contribution in [1.82, 2.24) is 4.90 Å². The summed E-state index contributed by atoms with van der Waals surface area (Å²) in [7, 11) is 0. The fourth-order valence-corrected chi connectivity index (χ4v) is 3.07. The third kappa shape index (κ3) is 4.46. The Balaban J connectivity index is 1.83. The average molecular weight is 291 g/mol. The number of aliphatic hydroxyl groups excluding tert-OH is 1. The Labute approximate surface area is 126 Å². The molecule has 1 saturated heterocycles. The first-order chi connectivity index (χ1) is 10.2. The van der Waals surface area contributed by atoms with Gasteiger partial charge in [-0.1, -0.05) is 43.7 Å². The maximum atomic E-state index is 12.2. The number of likely N-dealkylation sites (tertiary alicyclic amines) is 1. The number of ether oxygens (including phenoxy) is 1. The third-order valence-corrected chi connectivity index (χ3v) is 4.38. The molecule has 0 spiro atoms. The van der Waals surface area contributed by atoms with Crippen LogP contribution in [0.4, 0.5) is 4.79 Å². The summed E-state index contributed by atoms with van der Waals surface area (Å²) in [5.41, 5.74) is 1.01. The van der Waals surface area contributed by atoms with E-state index in [0.717, 1.165) is 37.9 Å². The zero-order valence-corrected chi connectivity index (χ0v) is 12.7. The summed E-state index contributed by atoms with van der Waals surface area (Å²) >= 11 is 0. The molecule has 0 saturated carbocycles. The monoisotopic (exact) mass is 291 g/mol. The number of aliphatic hydroxyl groups is 1. The Morgan fingerprint density at radius 3 is 2.76 bits per heavy atom. The van der Waals surface area contributed by atoms with Crippen LogP contribution in [-0.4, -0.2) is 35.8 Å². The lowest BCUT2D eigenvalue weighted by Gasteiger charge is -2.37. The van der Waals surface area contributed by atoms with Gasteiger partial charge >= 0.3 is 6.09 Å². The Hall–Kier alpha value is -1.55. The summed E-state index contributed by atoms with van der Waals surface area (Å²) in [4.78, 5) is 14.0. The van der Waals surface area contributed by atoms with E-state index in [1.54, 1.807) is 0 Å². The van der Waals surface area contributed by atoms with Gasteiger partial charge in [-0.05, 0) is 30.2 Å². The summed E-state index contributed by atoms with van der Waals surface area (Å²) < 4.78 is 5.39. The molecule has 116 valence electrons. The van der Waals surface area contributed by atoms with Crippen LogP contribution in [0.1, 0.15) is 31.7 Å². The van der Waals surface area contributed by atoms with Gasteiger partial charge in [-0.3, -0.25) is 0 Å². The second-order valence-electron chi connectivity index (χ2n) is 5.72. The van der Waals surface area contributed by atoms with Gasteiger partial charge in [-0.25, -0.2) is 4.79 Å². The number of hydrogen-bond acceptors (Lipinski definition) is 3. The molecule has 0 radical (unpaired) electrons. The second-order valence-corrected chi connectivity index (χ2v) is 5.72. The van der Waals surface area contributed by atoms with E-state index in [-0.39, 0.29) is 12.7 Å². The van der Waals surface area contributed by atoms with Crippen molar-refractivity contribution in [2.24, 2.45) is 11.8 Å². The zero-order chi connectivity index (χ0) is 15.1. The fourth-order valence-electron chi connectivity index (χ4n) is 3.07. The summed E-state index contributed by atoms with van der Waals surface area (Å²) in [5, 5.41) is 9.11. The van der Waals surface area contributed by atoms with E-state index in [9.17, 15) is 4.79 Å². The highest BCUT2D eigenvalue weighted by molar-refractivity contribution is 5.67. The molecule has 0 aliphatic carbocycles. The largest absolute Gasteiger partial charge is 0.445 e. The summed E-state index contributed by atoms with van der Waals surface area (Å²) in [6.07, 6.45) is 2.61. The Kier molecular flexibility index (Phi) is 6.05. The third-order valence-electron chi connectivity index (χ3n) is 4.38. The molecular weight excluding hydrogens is 266 g/mol. The normalized spacial score (nSPS) is 22.1. The van der Waals surface area contributed by atoms with Gasteiger partial charge in [-0.2, -0.15) is 0 Å². The second kappa shape index (κ2) is 8.03. The predicted octanol–water partition coefficient (Wildman–Crippen LogP) is 3.05. The number of carbonyl (C=O) groups is 1. The molecule has 2 rings (SSSR count). The number of carbonyl (C=O) groups excluding carboxylic acids is 1. The van der Waals surface area contributed by atoms with Crippen LogP contribution < -0.4 is 0 Å². The lowest BCUT2D eigenvalue weighted by atomic mass is 9.82. The smallest absolute Gasteiger partial charge is 0.410 e. The lowest BCUT2D eigenvalue weighted by molar-refractivity contribution is 0.0577. The zero-order valence-electron chi connectivity index (χ0n) is 12.7. The van der Waals surface area contributed by atoms with E-state index >= 15 is 0 Å². The molecule has 1 heterocycles. The molecule has 21 heavy (non-hydrogen) atoms. The molecule has 4 nitrogen and oxygen atoms in total. The molecule has 2 atom stereocenters. The molecule has 1 aliphatic rings. The van der Waals surface area contributed by atoms with Crippen LogP contribution in [0.2, 0.25) is 0 Å². The van der Waals surface area contributed by atoms with Gasteiger partial charge in [0.15, 0.2) is 0 Å². The van der Waals surface area contributed by atoms with Crippen molar-refractivity contribution in [3.8, 4) is 0 Å². The molecule has 1 amide bonds. The van der Waals surface area contributed by atoms with Crippen LogP contribution >= 0.6 is 0 Å². The molecule has 0 aromatic heterocycles. The molecule has 0 unspecified atom stereocenters. The van der Waals surface area contributed by atoms with Gasteiger partial charge in [0.25, 0.3) is 0 Å². The van der Waals surface area contributed by atoms with E-state index in [2.05, 4.69) is 6.92 Å². The first-order valence-corrected chi connectivity index (χ1v) is 7.81. The van der Waals surface area contributed by atoms with Gasteiger partial charge in [0.2, 0.25) is 0 Å². The number of rotatable bonds is 5. The molecule has 1 aromatic rings. The van der Waals surface area contributed by atoms with Crippen molar-refractivity contribution in [3.05, 3.63) is 35.9 Å². The Morgan fingerprint density at radius 2 is 2.10 bits per heavy atom. The number of piperidine rings is 1. The minimum atomic E-state index is -0.222. The SMILES string of the molecule is CC[C@H]1CN(C(=O)OCc2ccccc2)CC[C@H]1CCO. The van der Waals surface area contributed by atoms with Crippen LogP contribution in [0.25, 0.3) is 0 Å². The van der Waals surface area contributed by atoms with Gasteiger partial charge in [-0.15, -0.1) is 0 Å². The molecule has 4 heteroatoms. The minimum Gasteiger partial charge on any atom is -0.445 e. The average Bonchev–Trinajstić information content (AvgIpc) is 2.54. The topological polar surface area (TPSA) is 49.8 Å². The fraction of sp³-hybridized carbons (Fsp3) is 0.588. The molecule has 1 aromatic carbocycles. The van der Waals surface area contributed by atoms with Crippen molar-refractivity contribution in [2.45, 2.75) is 32.8 Å².